The predicted octanol–water partition coefficient (Wildman–Crippen LogP) is 2.17. The fraction of sp³-hybridized carbons (Fsp3) is 0.929. The summed E-state index contributed by atoms with van der Waals surface area (Å²) < 4.78 is 0. The highest BCUT2D eigenvalue weighted by Crippen LogP contribution is 2.33. The number of carbonyl (C=O) groups is 1. The quantitative estimate of drug-likeness (QED) is 0.817. The Morgan fingerprint density at radius 1 is 1.29 bits per heavy atom. The molecule has 0 spiro atoms. The Morgan fingerprint density at radius 3 is 2.41 bits per heavy atom. The van der Waals surface area contributed by atoms with Crippen LogP contribution in [0.4, 0.5) is 0 Å². The number of hydrogen-bond acceptors (Lipinski definition) is 2. The van der Waals surface area contributed by atoms with E-state index in [1.54, 1.807) is 0 Å². The summed E-state index contributed by atoms with van der Waals surface area (Å²) in [5.74, 6) is 0.411. The maximum atomic E-state index is 12.7. The van der Waals surface area contributed by atoms with Crippen molar-refractivity contribution in [1.29, 1.82) is 0 Å². The maximum absolute atomic E-state index is 12.7. The molecule has 1 amide bonds. The first-order chi connectivity index (χ1) is 8.17. The van der Waals surface area contributed by atoms with E-state index in [-0.39, 0.29) is 5.41 Å². The van der Waals surface area contributed by atoms with Crippen molar-refractivity contribution in [2.75, 3.05) is 19.6 Å². The molecule has 0 aromatic heterocycles. The van der Waals surface area contributed by atoms with Crippen LogP contribution in [0.3, 0.4) is 0 Å². The molecular weight excluding hydrogens is 212 g/mol. The van der Waals surface area contributed by atoms with Gasteiger partial charge < -0.3 is 10.2 Å². The molecule has 2 rings (SSSR count). The first kappa shape index (κ1) is 12.9. The van der Waals surface area contributed by atoms with E-state index in [2.05, 4.69) is 24.1 Å². The summed E-state index contributed by atoms with van der Waals surface area (Å²) in [7, 11) is 0. The van der Waals surface area contributed by atoms with Gasteiger partial charge in [0.05, 0.1) is 0 Å². The molecule has 0 aromatic rings. The Balaban J connectivity index is 2.04. The van der Waals surface area contributed by atoms with Crippen molar-refractivity contribution in [3.05, 3.63) is 0 Å². The van der Waals surface area contributed by atoms with Crippen molar-refractivity contribution in [2.45, 2.75) is 58.4 Å². The molecule has 1 aliphatic carbocycles. The zero-order valence-corrected chi connectivity index (χ0v) is 11.3. The molecule has 3 heteroatoms. The Labute approximate surface area is 105 Å². The molecule has 0 radical (unpaired) electrons. The molecule has 1 saturated heterocycles. The smallest absolute Gasteiger partial charge is 0.228 e. The average Bonchev–Trinajstić information content (AvgIpc) is 2.84. The summed E-state index contributed by atoms with van der Waals surface area (Å²) in [4.78, 5) is 14.9. The van der Waals surface area contributed by atoms with Gasteiger partial charge >= 0.3 is 0 Å². The Hall–Kier alpha value is -0.570. The minimum Gasteiger partial charge on any atom is -0.340 e. The van der Waals surface area contributed by atoms with Gasteiger partial charge in [0.25, 0.3) is 0 Å². The molecule has 0 bridgehead atoms. The molecule has 0 aromatic carbocycles. The summed E-state index contributed by atoms with van der Waals surface area (Å²) in [6, 6.07) is 0.527. The minimum absolute atomic E-state index is 0.107. The Kier molecular flexibility index (Phi) is 4.08. The van der Waals surface area contributed by atoms with Gasteiger partial charge in [0.15, 0.2) is 0 Å². The first-order valence-electron chi connectivity index (χ1n) is 7.19. The van der Waals surface area contributed by atoms with Crippen molar-refractivity contribution in [3.8, 4) is 0 Å². The highest BCUT2D eigenvalue weighted by Gasteiger charge is 2.39. The summed E-state index contributed by atoms with van der Waals surface area (Å²) in [5.41, 5.74) is -0.107. The fourth-order valence-electron chi connectivity index (χ4n) is 3.32. The summed E-state index contributed by atoms with van der Waals surface area (Å²) in [5, 5.41) is 3.35. The molecule has 1 saturated carbocycles. The third-order valence-corrected chi connectivity index (χ3v) is 4.59. The molecule has 3 nitrogen and oxygen atoms in total. The highest BCUT2D eigenvalue weighted by molar-refractivity contribution is 5.82. The van der Waals surface area contributed by atoms with E-state index in [0.717, 1.165) is 32.5 Å². The van der Waals surface area contributed by atoms with Gasteiger partial charge in [0, 0.05) is 18.0 Å². The molecule has 2 aliphatic rings. The van der Waals surface area contributed by atoms with E-state index >= 15 is 0 Å². The topological polar surface area (TPSA) is 32.3 Å². The molecule has 1 aliphatic heterocycles. The van der Waals surface area contributed by atoms with E-state index in [4.69, 9.17) is 0 Å². The molecule has 0 unspecified atom stereocenters. The number of piperidine rings is 1. The monoisotopic (exact) mass is 238 g/mol. The Bertz CT molecular complexity index is 265. The predicted molar refractivity (Wildman–Crippen MR) is 69.9 cm³/mol. The van der Waals surface area contributed by atoms with Gasteiger partial charge in [-0.1, -0.05) is 19.8 Å². The lowest BCUT2D eigenvalue weighted by molar-refractivity contribution is -0.144. The highest BCUT2D eigenvalue weighted by atomic mass is 16.2. The van der Waals surface area contributed by atoms with E-state index in [1.165, 1.54) is 25.7 Å². The standard InChI is InChI=1S/C14H26N2O/c1-3-16(12-6-4-5-7-12)13(17)14(2)8-10-15-11-9-14/h12,15H,3-11H2,1-2H3. The van der Waals surface area contributed by atoms with Crippen molar-refractivity contribution in [2.24, 2.45) is 5.41 Å². The van der Waals surface area contributed by atoms with Crippen LogP contribution in [0.5, 0.6) is 0 Å². The lowest BCUT2D eigenvalue weighted by atomic mass is 9.79. The number of rotatable bonds is 3. The Morgan fingerprint density at radius 2 is 1.88 bits per heavy atom. The van der Waals surface area contributed by atoms with Crippen LogP contribution in [0.25, 0.3) is 0 Å². The van der Waals surface area contributed by atoms with Gasteiger partial charge in [-0.2, -0.15) is 0 Å². The lowest BCUT2D eigenvalue weighted by Gasteiger charge is -2.39. The van der Waals surface area contributed by atoms with Crippen LogP contribution >= 0.6 is 0 Å². The van der Waals surface area contributed by atoms with Crippen LogP contribution < -0.4 is 5.32 Å². The molecule has 1 N–H and O–H groups in total. The first-order valence-corrected chi connectivity index (χ1v) is 7.19. The number of hydrogen-bond donors (Lipinski definition) is 1. The van der Waals surface area contributed by atoms with Crippen molar-refractivity contribution in [1.82, 2.24) is 10.2 Å². The van der Waals surface area contributed by atoms with Gasteiger partial charge in [0.2, 0.25) is 5.91 Å². The van der Waals surface area contributed by atoms with Crippen LogP contribution in [0.1, 0.15) is 52.4 Å². The van der Waals surface area contributed by atoms with Gasteiger partial charge in [-0.15, -0.1) is 0 Å². The number of carbonyl (C=O) groups excluding carboxylic acids is 1. The van der Waals surface area contributed by atoms with E-state index in [9.17, 15) is 4.79 Å². The second-order valence-electron chi connectivity index (χ2n) is 5.84. The molecule has 98 valence electrons. The summed E-state index contributed by atoms with van der Waals surface area (Å²) in [6.07, 6.45) is 7.02. The van der Waals surface area contributed by atoms with Gasteiger partial charge in [-0.05, 0) is 45.7 Å². The second-order valence-corrected chi connectivity index (χ2v) is 5.84. The average molecular weight is 238 g/mol. The maximum Gasteiger partial charge on any atom is 0.228 e. The zero-order chi connectivity index (χ0) is 12.3. The van der Waals surface area contributed by atoms with Crippen LogP contribution in [0.15, 0.2) is 0 Å². The normalized spacial score (nSPS) is 24.8. The minimum atomic E-state index is -0.107. The largest absolute Gasteiger partial charge is 0.340 e. The number of nitrogens with zero attached hydrogens (tertiary/aromatic N) is 1. The van der Waals surface area contributed by atoms with Crippen LogP contribution in [0.2, 0.25) is 0 Å². The number of amides is 1. The molecule has 0 atom stereocenters. The third-order valence-electron chi connectivity index (χ3n) is 4.59. The molecule has 17 heavy (non-hydrogen) atoms. The van der Waals surface area contributed by atoms with Crippen molar-refractivity contribution >= 4 is 5.91 Å². The van der Waals surface area contributed by atoms with Crippen molar-refractivity contribution < 1.29 is 4.79 Å². The van der Waals surface area contributed by atoms with Crippen LogP contribution in [0, 0.1) is 5.41 Å². The van der Waals surface area contributed by atoms with E-state index < -0.39 is 0 Å². The van der Waals surface area contributed by atoms with Gasteiger partial charge in [0.1, 0.15) is 0 Å². The SMILES string of the molecule is CCN(C(=O)C1(C)CCNCC1)C1CCCC1. The molecule has 2 fully saturated rings. The van der Waals surface area contributed by atoms with E-state index in [1.807, 2.05) is 0 Å². The third kappa shape index (κ3) is 2.65. The summed E-state index contributed by atoms with van der Waals surface area (Å²) in [6.45, 7) is 7.15. The zero-order valence-electron chi connectivity index (χ0n) is 11.3. The van der Waals surface area contributed by atoms with Crippen molar-refractivity contribution in [3.63, 3.8) is 0 Å². The number of nitrogens with one attached hydrogen (secondary N) is 1. The van der Waals surface area contributed by atoms with E-state index in [0.29, 0.717) is 11.9 Å². The van der Waals surface area contributed by atoms with Crippen LogP contribution in [-0.4, -0.2) is 36.5 Å². The van der Waals surface area contributed by atoms with Gasteiger partial charge in [-0.25, -0.2) is 0 Å². The van der Waals surface area contributed by atoms with Gasteiger partial charge in [-0.3, -0.25) is 4.79 Å². The summed E-state index contributed by atoms with van der Waals surface area (Å²) >= 11 is 0. The molecular formula is C14H26N2O. The second kappa shape index (κ2) is 5.38. The fourth-order valence-corrected chi connectivity index (χ4v) is 3.32. The lowest BCUT2D eigenvalue weighted by Crippen LogP contribution is -2.50. The van der Waals surface area contributed by atoms with Crippen LogP contribution in [-0.2, 0) is 4.79 Å². The molecule has 1 heterocycles.